The van der Waals surface area contributed by atoms with E-state index in [-0.39, 0.29) is 11.5 Å². The van der Waals surface area contributed by atoms with E-state index in [4.69, 9.17) is 0 Å². The molecule has 2 aromatic heterocycles. The van der Waals surface area contributed by atoms with Gasteiger partial charge in [0.05, 0.1) is 15.7 Å². The summed E-state index contributed by atoms with van der Waals surface area (Å²) in [4.78, 5) is 30.3. The van der Waals surface area contributed by atoms with Crippen LogP contribution in [0.1, 0.15) is 35.2 Å². The normalized spacial score (nSPS) is 12.4. The van der Waals surface area contributed by atoms with Crippen LogP contribution in [-0.2, 0) is 4.79 Å². The van der Waals surface area contributed by atoms with Gasteiger partial charge in [-0.05, 0) is 69.5 Å². The summed E-state index contributed by atoms with van der Waals surface area (Å²) in [7, 11) is 0. The van der Waals surface area contributed by atoms with Gasteiger partial charge < -0.3 is 5.32 Å². The lowest BCUT2D eigenvalue weighted by Crippen LogP contribution is -2.32. The van der Waals surface area contributed by atoms with Crippen molar-refractivity contribution in [3.05, 3.63) is 69.0 Å². The number of thiazole rings is 1. The molecule has 0 saturated heterocycles. The van der Waals surface area contributed by atoms with Crippen molar-refractivity contribution in [1.29, 1.82) is 0 Å². The molecule has 6 heteroatoms. The minimum absolute atomic E-state index is 0.176. The van der Waals surface area contributed by atoms with Gasteiger partial charge in [-0.15, -0.1) is 0 Å². The van der Waals surface area contributed by atoms with Crippen LogP contribution in [0, 0.1) is 27.7 Å². The fourth-order valence-electron chi connectivity index (χ4n) is 3.82. The van der Waals surface area contributed by atoms with Crippen LogP contribution >= 0.6 is 11.3 Å². The van der Waals surface area contributed by atoms with Crippen LogP contribution in [0.5, 0.6) is 0 Å². The number of aromatic nitrogens is 2. The molecule has 5 nitrogen and oxygen atoms in total. The van der Waals surface area contributed by atoms with E-state index < -0.39 is 6.04 Å². The molecule has 0 saturated carbocycles. The van der Waals surface area contributed by atoms with Gasteiger partial charge in [-0.1, -0.05) is 29.0 Å². The van der Waals surface area contributed by atoms with Gasteiger partial charge in [0.2, 0.25) is 5.91 Å². The van der Waals surface area contributed by atoms with Gasteiger partial charge in [0.25, 0.3) is 5.56 Å². The van der Waals surface area contributed by atoms with Gasteiger partial charge in [-0.2, -0.15) is 0 Å². The molecule has 0 fully saturated rings. The minimum atomic E-state index is -0.666. The summed E-state index contributed by atoms with van der Waals surface area (Å²) >= 11 is 1.44. The molecule has 0 bridgehead atoms. The third-order valence-corrected chi connectivity index (χ3v) is 6.16. The van der Waals surface area contributed by atoms with Crippen LogP contribution in [0.25, 0.3) is 21.1 Å². The van der Waals surface area contributed by atoms with Crippen molar-refractivity contribution in [2.75, 3.05) is 5.32 Å². The molecule has 2 aromatic carbocycles. The smallest absolute Gasteiger partial charge is 0.252 e. The van der Waals surface area contributed by atoms with Gasteiger partial charge in [0, 0.05) is 11.5 Å². The first-order valence-electron chi connectivity index (χ1n) is 9.56. The molecule has 1 amide bonds. The SMILES string of the molecule is Cc1ccc2nc(NC(=O)C(C)n3c(=O)cc(C)c4cc(C)cc(C)c43)sc2c1. The molecule has 2 heterocycles. The molecule has 0 aliphatic heterocycles. The Labute approximate surface area is 173 Å². The molecule has 4 rings (SSSR count). The summed E-state index contributed by atoms with van der Waals surface area (Å²) in [6.45, 7) is 9.72. The average Bonchev–Trinajstić information content (AvgIpc) is 3.03. The number of hydrogen-bond acceptors (Lipinski definition) is 4. The Morgan fingerprint density at radius 1 is 1.03 bits per heavy atom. The van der Waals surface area contributed by atoms with Crippen LogP contribution < -0.4 is 10.9 Å². The topological polar surface area (TPSA) is 64.0 Å². The Morgan fingerprint density at radius 3 is 2.55 bits per heavy atom. The van der Waals surface area contributed by atoms with E-state index in [1.54, 1.807) is 17.6 Å². The van der Waals surface area contributed by atoms with Gasteiger partial charge in [-0.25, -0.2) is 4.98 Å². The lowest BCUT2D eigenvalue weighted by Gasteiger charge is -2.20. The highest BCUT2D eigenvalue weighted by Crippen LogP contribution is 2.28. The summed E-state index contributed by atoms with van der Waals surface area (Å²) in [6, 6.07) is 11.0. The van der Waals surface area contributed by atoms with Gasteiger partial charge in [0.1, 0.15) is 6.04 Å². The zero-order valence-electron chi connectivity index (χ0n) is 17.2. The van der Waals surface area contributed by atoms with Crippen LogP contribution in [0.2, 0.25) is 0 Å². The summed E-state index contributed by atoms with van der Waals surface area (Å²) in [6.07, 6.45) is 0. The van der Waals surface area contributed by atoms with Crippen molar-refractivity contribution in [1.82, 2.24) is 9.55 Å². The highest BCUT2D eigenvalue weighted by molar-refractivity contribution is 7.22. The average molecular weight is 406 g/mol. The Hall–Kier alpha value is -2.99. The molecule has 1 atom stereocenters. The molecule has 0 aliphatic rings. The van der Waals surface area contributed by atoms with E-state index in [2.05, 4.69) is 22.4 Å². The molecule has 0 aliphatic carbocycles. The quantitative estimate of drug-likeness (QED) is 0.519. The number of carbonyl (C=O) groups excluding carboxylic acids is 1. The monoisotopic (exact) mass is 405 g/mol. The van der Waals surface area contributed by atoms with Crippen LogP contribution in [0.3, 0.4) is 0 Å². The number of hydrogen-bond donors (Lipinski definition) is 1. The highest BCUT2D eigenvalue weighted by Gasteiger charge is 2.21. The van der Waals surface area contributed by atoms with E-state index in [9.17, 15) is 9.59 Å². The zero-order chi connectivity index (χ0) is 20.9. The maximum absolute atomic E-state index is 13.0. The number of benzene rings is 2. The van der Waals surface area contributed by atoms with E-state index in [0.29, 0.717) is 5.13 Å². The summed E-state index contributed by atoms with van der Waals surface area (Å²) in [5.74, 6) is -0.256. The van der Waals surface area contributed by atoms with Crippen LogP contribution in [0.4, 0.5) is 5.13 Å². The predicted octanol–water partition coefficient (Wildman–Crippen LogP) is 5.04. The second kappa shape index (κ2) is 7.12. The number of rotatable bonds is 3. The molecular weight excluding hydrogens is 382 g/mol. The van der Waals surface area contributed by atoms with E-state index in [0.717, 1.165) is 43.4 Å². The lowest BCUT2D eigenvalue weighted by atomic mass is 10.0. The fraction of sp³-hybridized carbons (Fsp3) is 0.261. The van der Waals surface area contributed by atoms with Crippen molar-refractivity contribution in [2.24, 2.45) is 0 Å². The van der Waals surface area contributed by atoms with Crippen molar-refractivity contribution in [3.63, 3.8) is 0 Å². The number of anilines is 1. The second-order valence-electron chi connectivity index (χ2n) is 7.67. The number of nitrogens with one attached hydrogen (secondary N) is 1. The zero-order valence-corrected chi connectivity index (χ0v) is 18.0. The molecule has 0 spiro atoms. The van der Waals surface area contributed by atoms with Gasteiger partial charge >= 0.3 is 0 Å². The highest BCUT2D eigenvalue weighted by atomic mass is 32.1. The van der Waals surface area contributed by atoms with E-state index in [1.165, 1.54) is 11.3 Å². The largest absolute Gasteiger partial charge is 0.300 e. The van der Waals surface area contributed by atoms with Crippen molar-refractivity contribution < 1.29 is 4.79 Å². The number of pyridine rings is 1. The molecular formula is C23H23N3O2S. The first kappa shape index (κ1) is 19.3. The standard InChI is InChI=1S/C23H23N3O2S/c1-12-6-7-18-19(10-12)29-23(24-18)25-22(28)16(5)26-20(27)11-14(3)17-9-13(2)8-15(4)21(17)26/h6-11,16H,1-5H3,(H,24,25,28). The molecule has 29 heavy (non-hydrogen) atoms. The van der Waals surface area contributed by atoms with Crippen molar-refractivity contribution in [2.45, 2.75) is 40.7 Å². The molecule has 0 radical (unpaired) electrons. The van der Waals surface area contributed by atoms with E-state index in [1.807, 2.05) is 45.9 Å². The second-order valence-corrected chi connectivity index (χ2v) is 8.70. The Balaban J connectivity index is 1.75. The maximum Gasteiger partial charge on any atom is 0.252 e. The molecule has 4 aromatic rings. The van der Waals surface area contributed by atoms with Crippen molar-refractivity contribution in [3.8, 4) is 0 Å². The summed E-state index contributed by atoms with van der Waals surface area (Å²) in [5, 5.41) is 4.43. The molecule has 1 N–H and O–H groups in total. The summed E-state index contributed by atoms with van der Waals surface area (Å²) in [5.41, 5.74) is 5.67. The third kappa shape index (κ3) is 3.44. The Morgan fingerprint density at radius 2 is 1.79 bits per heavy atom. The number of amides is 1. The van der Waals surface area contributed by atoms with Crippen LogP contribution in [0.15, 0.2) is 41.2 Å². The predicted molar refractivity (Wildman–Crippen MR) is 120 cm³/mol. The first-order valence-corrected chi connectivity index (χ1v) is 10.4. The Bertz CT molecular complexity index is 1330. The van der Waals surface area contributed by atoms with Gasteiger partial charge in [-0.3, -0.25) is 14.2 Å². The number of aryl methyl sites for hydroxylation is 4. The van der Waals surface area contributed by atoms with Crippen molar-refractivity contribution >= 4 is 43.5 Å². The third-order valence-electron chi connectivity index (χ3n) is 5.23. The number of nitrogens with zero attached hydrogens (tertiary/aromatic N) is 2. The number of fused-ring (bicyclic) bond motifs is 2. The number of carbonyl (C=O) groups is 1. The Kier molecular flexibility index (Phi) is 4.74. The minimum Gasteiger partial charge on any atom is -0.300 e. The summed E-state index contributed by atoms with van der Waals surface area (Å²) < 4.78 is 2.61. The van der Waals surface area contributed by atoms with Gasteiger partial charge in [0.15, 0.2) is 5.13 Å². The van der Waals surface area contributed by atoms with Crippen LogP contribution in [-0.4, -0.2) is 15.5 Å². The van der Waals surface area contributed by atoms with E-state index >= 15 is 0 Å². The lowest BCUT2D eigenvalue weighted by molar-refractivity contribution is -0.118. The fourth-order valence-corrected chi connectivity index (χ4v) is 4.79. The first-order chi connectivity index (χ1) is 13.7. The molecule has 1 unspecified atom stereocenters. The maximum atomic E-state index is 13.0. The molecule has 148 valence electrons.